The number of rotatable bonds is 3. The largest absolute Gasteiger partial charge is 0.392 e. The SMILES string of the molecule is c1ccc2c(c1)nnn2OC[C@H]1CO1. The molecule has 2 heterocycles. The van der Waals surface area contributed by atoms with Gasteiger partial charge >= 0.3 is 0 Å². The van der Waals surface area contributed by atoms with Crippen molar-refractivity contribution in [3.05, 3.63) is 24.3 Å². The van der Waals surface area contributed by atoms with Crippen molar-refractivity contribution in [2.75, 3.05) is 13.2 Å². The molecule has 0 radical (unpaired) electrons. The van der Waals surface area contributed by atoms with E-state index in [1.807, 2.05) is 24.3 Å². The summed E-state index contributed by atoms with van der Waals surface area (Å²) in [7, 11) is 0. The van der Waals surface area contributed by atoms with E-state index in [1.54, 1.807) is 0 Å². The lowest BCUT2D eigenvalue weighted by Crippen LogP contribution is -2.17. The highest BCUT2D eigenvalue weighted by Gasteiger charge is 2.23. The number of ether oxygens (including phenoxy) is 1. The predicted molar refractivity (Wildman–Crippen MR) is 48.7 cm³/mol. The molecule has 0 spiro atoms. The van der Waals surface area contributed by atoms with Crippen LogP contribution in [0.4, 0.5) is 0 Å². The minimum atomic E-state index is 0.234. The third kappa shape index (κ3) is 1.31. The standard InChI is InChI=1S/C9H9N3O2/c1-2-4-9-8(3-1)10-11-12(9)14-6-7-5-13-7/h1-4,7H,5-6H2/t7-/m1/s1. The number of hydrogen-bond acceptors (Lipinski definition) is 4. The van der Waals surface area contributed by atoms with Crippen LogP contribution in [0.15, 0.2) is 24.3 Å². The molecule has 0 bridgehead atoms. The van der Waals surface area contributed by atoms with Crippen molar-refractivity contribution in [1.29, 1.82) is 0 Å². The van der Waals surface area contributed by atoms with Crippen LogP contribution >= 0.6 is 0 Å². The topological polar surface area (TPSA) is 52.5 Å². The van der Waals surface area contributed by atoms with Crippen molar-refractivity contribution in [2.24, 2.45) is 0 Å². The molecule has 3 rings (SSSR count). The van der Waals surface area contributed by atoms with Gasteiger partial charge in [-0.15, -0.1) is 5.10 Å². The first-order chi connectivity index (χ1) is 6.93. The molecule has 1 aliphatic rings. The summed E-state index contributed by atoms with van der Waals surface area (Å²) >= 11 is 0. The van der Waals surface area contributed by atoms with E-state index in [9.17, 15) is 0 Å². The summed E-state index contributed by atoms with van der Waals surface area (Å²) < 4.78 is 5.03. The molecule has 72 valence electrons. The molecule has 5 nitrogen and oxygen atoms in total. The van der Waals surface area contributed by atoms with E-state index in [1.165, 1.54) is 4.85 Å². The highest BCUT2D eigenvalue weighted by molar-refractivity contribution is 5.73. The van der Waals surface area contributed by atoms with Crippen LogP contribution in [0.3, 0.4) is 0 Å². The van der Waals surface area contributed by atoms with Crippen LogP contribution in [0, 0.1) is 0 Å². The maximum atomic E-state index is 5.40. The molecule has 1 atom stereocenters. The zero-order chi connectivity index (χ0) is 9.38. The Balaban J connectivity index is 1.87. The quantitative estimate of drug-likeness (QED) is 0.653. The second-order valence-corrected chi connectivity index (χ2v) is 3.20. The van der Waals surface area contributed by atoms with Gasteiger partial charge in [-0.2, -0.15) is 0 Å². The van der Waals surface area contributed by atoms with E-state index in [0.29, 0.717) is 6.61 Å². The average Bonchev–Trinajstić information content (AvgIpc) is 2.96. The van der Waals surface area contributed by atoms with Gasteiger partial charge in [0.15, 0.2) is 0 Å². The van der Waals surface area contributed by atoms with E-state index in [4.69, 9.17) is 9.57 Å². The Kier molecular flexibility index (Phi) is 1.63. The molecule has 1 aromatic carbocycles. The Bertz CT molecular complexity index is 450. The van der Waals surface area contributed by atoms with Crippen molar-refractivity contribution in [3.8, 4) is 0 Å². The number of benzene rings is 1. The molecule has 5 heteroatoms. The van der Waals surface area contributed by atoms with Crippen LogP contribution in [0.25, 0.3) is 11.0 Å². The van der Waals surface area contributed by atoms with Gasteiger partial charge < -0.3 is 9.57 Å². The summed E-state index contributed by atoms with van der Waals surface area (Å²) in [5.74, 6) is 0. The van der Waals surface area contributed by atoms with Crippen molar-refractivity contribution in [2.45, 2.75) is 6.10 Å². The molecule has 1 fully saturated rings. The zero-order valence-electron chi connectivity index (χ0n) is 7.46. The number of nitrogens with zero attached hydrogens (tertiary/aromatic N) is 3. The highest BCUT2D eigenvalue weighted by Crippen LogP contribution is 2.10. The normalized spacial score (nSPS) is 19.9. The number of fused-ring (bicyclic) bond motifs is 1. The van der Waals surface area contributed by atoms with Crippen LogP contribution < -0.4 is 4.84 Å². The summed E-state index contributed by atoms with van der Waals surface area (Å²) in [6.45, 7) is 1.32. The molecular formula is C9H9N3O2. The lowest BCUT2D eigenvalue weighted by molar-refractivity contribution is 0.0750. The first-order valence-electron chi connectivity index (χ1n) is 4.49. The molecule has 1 aromatic heterocycles. The molecule has 2 aromatic rings. The van der Waals surface area contributed by atoms with Gasteiger partial charge in [0.1, 0.15) is 23.7 Å². The molecule has 1 aliphatic heterocycles. The Morgan fingerprint density at radius 1 is 1.50 bits per heavy atom. The second kappa shape index (κ2) is 2.95. The van der Waals surface area contributed by atoms with Crippen molar-refractivity contribution in [1.82, 2.24) is 15.2 Å². The van der Waals surface area contributed by atoms with Gasteiger partial charge in [-0.1, -0.05) is 17.0 Å². The van der Waals surface area contributed by atoms with E-state index in [2.05, 4.69) is 10.3 Å². The molecule has 1 saturated heterocycles. The monoisotopic (exact) mass is 191 g/mol. The fourth-order valence-corrected chi connectivity index (χ4v) is 1.26. The Morgan fingerprint density at radius 2 is 2.36 bits per heavy atom. The summed E-state index contributed by atoms with van der Waals surface area (Å²) in [5.41, 5.74) is 1.72. The van der Waals surface area contributed by atoms with Gasteiger partial charge in [0.2, 0.25) is 0 Å². The first-order valence-corrected chi connectivity index (χ1v) is 4.49. The number of para-hydroxylation sites is 1. The number of epoxide rings is 1. The average molecular weight is 191 g/mol. The van der Waals surface area contributed by atoms with Crippen LogP contribution in [0.5, 0.6) is 0 Å². The third-order valence-electron chi connectivity index (χ3n) is 2.11. The molecule has 0 amide bonds. The van der Waals surface area contributed by atoms with Gasteiger partial charge in [-0.05, 0) is 17.3 Å². The first kappa shape index (κ1) is 7.75. The van der Waals surface area contributed by atoms with E-state index < -0.39 is 0 Å². The fourth-order valence-electron chi connectivity index (χ4n) is 1.26. The number of hydrogen-bond donors (Lipinski definition) is 0. The van der Waals surface area contributed by atoms with Crippen LogP contribution in [-0.4, -0.2) is 34.5 Å². The summed E-state index contributed by atoms with van der Waals surface area (Å²) in [6.07, 6.45) is 0.234. The van der Waals surface area contributed by atoms with E-state index >= 15 is 0 Å². The van der Waals surface area contributed by atoms with E-state index in [0.717, 1.165) is 17.6 Å². The van der Waals surface area contributed by atoms with Crippen LogP contribution in [-0.2, 0) is 4.74 Å². The van der Waals surface area contributed by atoms with Gasteiger partial charge in [0.25, 0.3) is 0 Å². The van der Waals surface area contributed by atoms with Crippen molar-refractivity contribution in [3.63, 3.8) is 0 Å². The van der Waals surface area contributed by atoms with Crippen LogP contribution in [0.2, 0.25) is 0 Å². The highest BCUT2D eigenvalue weighted by atomic mass is 16.7. The summed E-state index contributed by atoms with van der Waals surface area (Å²) in [4.78, 5) is 6.84. The summed E-state index contributed by atoms with van der Waals surface area (Å²) in [5, 5.41) is 7.85. The maximum absolute atomic E-state index is 5.40. The van der Waals surface area contributed by atoms with Gasteiger partial charge in [0, 0.05) is 0 Å². The number of aromatic nitrogens is 3. The Labute approximate surface area is 80.2 Å². The van der Waals surface area contributed by atoms with Gasteiger partial charge in [0.05, 0.1) is 6.61 Å². The van der Waals surface area contributed by atoms with E-state index in [-0.39, 0.29) is 6.10 Å². The smallest absolute Gasteiger partial charge is 0.145 e. The van der Waals surface area contributed by atoms with Crippen molar-refractivity contribution < 1.29 is 9.57 Å². The molecular weight excluding hydrogens is 182 g/mol. The van der Waals surface area contributed by atoms with Gasteiger partial charge in [-0.3, -0.25) is 0 Å². The Morgan fingerprint density at radius 3 is 3.21 bits per heavy atom. The summed E-state index contributed by atoms with van der Waals surface area (Å²) in [6, 6.07) is 7.67. The molecule has 0 saturated carbocycles. The second-order valence-electron chi connectivity index (χ2n) is 3.20. The Hall–Kier alpha value is -1.62. The predicted octanol–water partition coefficient (Wildman–Crippen LogP) is 0.259. The van der Waals surface area contributed by atoms with Crippen LogP contribution in [0.1, 0.15) is 0 Å². The molecule has 0 N–H and O–H groups in total. The fraction of sp³-hybridized carbons (Fsp3) is 0.333. The third-order valence-corrected chi connectivity index (χ3v) is 2.11. The molecule has 0 unspecified atom stereocenters. The zero-order valence-corrected chi connectivity index (χ0v) is 7.46. The molecule has 0 aliphatic carbocycles. The minimum absolute atomic E-state index is 0.234. The molecule has 14 heavy (non-hydrogen) atoms. The maximum Gasteiger partial charge on any atom is 0.145 e. The van der Waals surface area contributed by atoms with Crippen molar-refractivity contribution >= 4 is 11.0 Å². The lowest BCUT2D eigenvalue weighted by atomic mass is 10.3. The van der Waals surface area contributed by atoms with Gasteiger partial charge in [-0.25, -0.2) is 0 Å². The lowest BCUT2D eigenvalue weighted by Gasteiger charge is -2.01. The minimum Gasteiger partial charge on any atom is -0.392 e.